The van der Waals surface area contributed by atoms with Crippen molar-refractivity contribution < 1.29 is 19.1 Å². The van der Waals surface area contributed by atoms with Crippen molar-refractivity contribution in [1.29, 1.82) is 0 Å². The number of hydrogen-bond donors (Lipinski definition) is 0. The average Bonchev–Trinajstić information content (AvgIpc) is 2.55. The first-order valence-electron chi connectivity index (χ1n) is 5.89. The van der Waals surface area contributed by atoms with Gasteiger partial charge in [0, 0.05) is 11.9 Å². The standard InChI is InChI=1S/C13H14BrNO4/c1-18-9-3-4-11-10(7-9)13(17)15(6-2-5-14)12(16)8-19-11/h3-4,7H,2,5-6,8H2,1H3. The molecule has 0 unspecified atom stereocenters. The molecule has 0 aliphatic carbocycles. The van der Waals surface area contributed by atoms with Crippen LogP contribution < -0.4 is 9.47 Å². The van der Waals surface area contributed by atoms with E-state index in [1.807, 2.05) is 0 Å². The third-order valence-electron chi connectivity index (χ3n) is 2.83. The second kappa shape index (κ2) is 6.06. The summed E-state index contributed by atoms with van der Waals surface area (Å²) in [5.41, 5.74) is 0.361. The maximum Gasteiger partial charge on any atom is 0.267 e. The summed E-state index contributed by atoms with van der Waals surface area (Å²) in [6.07, 6.45) is 0.705. The third-order valence-corrected chi connectivity index (χ3v) is 3.39. The SMILES string of the molecule is COc1ccc2c(c1)C(=O)N(CCCBr)C(=O)CO2. The Morgan fingerprint density at radius 1 is 1.42 bits per heavy atom. The number of imide groups is 1. The Bertz CT molecular complexity index is 503. The molecule has 1 aromatic carbocycles. The zero-order valence-electron chi connectivity index (χ0n) is 10.5. The highest BCUT2D eigenvalue weighted by molar-refractivity contribution is 9.09. The van der Waals surface area contributed by atoms with Crippen LogP contribution in [0, 0.1) is 0 Å². The van der Waals surface area contributed by atoms with Gasteiger partial charge in [-0.05, 0) is 24.6 Å². The lowest BCUT2D eigenvalue weighted by Crippen LogP contribution is -2.38. The Labute approximate surface area is 119 Å². The van der Waals surface area contributed by atoms with Crippen molar-refractivity contribution in [2.45, 2.75) is 6.42 Å². The van der Waals surface area contributed by atoms with Crippen LogP contribution in [0.4, 0.5) is 0 Å². The number of halogens is 1. The largest absolute Gasteiger partial charge is 0.497 e. The number of hydrogen-bond acceptors (Lipinski definition) is 4. The molecule has 1 heterocycles. The van der Waals surface area contributed by atoms with Crippen molar-refractivity contribution in [1.82, 2.24) is 4.90 Å². The summed E-state index contributed by atoms with van der Waals surface area (Å²) in [6, 6.07) is 4.94. The zero-order chi connectivity index (χ0) is 13.8. The predicted molar refractivity (Wildman–Crippen MR) is 72.9 cm³/mol. The quantitative estimate of drug-likeness (QED) is 0.625. The summed E-state index contributed by atoms with van der Waals surface area (Å²) in [5, 5.41) is 0.732. The van der Waals surface area contributed by atoms with Gasteiger partial charge in [-0.1, -0.05) is 15.9 Å². The smallest absolute Gasteiger partial charge is 0.267 e. The fourth-order valence-corrected chi connectivity index (χ4v) is 2.10. The van der Waals surface area contributed by atoms with Gasteiger partial charge in [-0.25, -0.2) is 0 Å². The van der Waals surface area contributed by atoms with E-state index in [-0.39, 0.29) is 18.4 Å². The molecule has 102 valence electrons. The molecule has 0 aromatic heterocycles. The number of fused-ring (bicyclic) bond motifs is 1. The summed E-state index contributed by atoms with van der Waals surface area (Å²) in [5.74, 6) is 0.324. The van der Waals surface area contributed by atoms with E-state index in [1.54, 1.807) is 18.2 Å². The molecule has 0 bridgehead atoms. The minimum absolute atomic E-state index is 0.118. The lowest BCUT2D eigenvalue weighted by Gasteiger charge is -2.17. The van der Waals surface area contributed by atoms with Crippen molar-refractivity contribution in [3.8, 4) is 11.5 Å². The van der Waals surface area contributed by atoms with E-state index >= 15 is 0 Å². The van der Waals surface area contributed by atoms with E-state index in [4.69, 9.17) is 9.47 Å². The van der Waals surface area contributed by atoms with Crippen molar-refractivity contribution in [2.75, 3.05) is 25.6 Å². The molecule has 0 saturated heterocycles. The Hall–Kier alpha value is -1.56. The summed E-state index contributed by atoms with van der Waals surface area (Å²) >= 11 is 3.29. The van der Waals surface area contributed by atoms with Crippen LogP contribution in [0.2, 0.25) is 0 Å². The van der Waals surface area contributed by atoms with Crippen LogP contribution in [-0.4, -0.2) is 42.3 Å². The monoisotopic (exact) mass is 327 g/mol. The molecule has 1 aliphatic heterocycles. The van der Waals surface area contributed by atoms with Crippen molar-refractivity contribution in [2.24, 2.45) is 0 Å². The topological polar surface area (TPSA) is 55.8 Å². The average molecular weight is 328 g/mol. The van der Waals surface area contributed by atoms with Gasteiger partial charge in [0.15, 0.2) is 6.61 Å². The Kier molecular flexibility index (Phi) is 4.42. The van der Waals surface area contributed by atoms with Crippen molar-refractivity contribution in [3.63, 3.8) is 0 Å². The number of ether oxygens (including phenoxy) is 2. The lowest BCUT2D eigenvalue weighted by atomic mass is 10.1. The van der Waals surface area contributed by atoms with Gasteiger partial charge < -0.3 is 9.47 Å². The Morgan fingerprint density at radius 2 is 2.21 bits per heavy atom. The Morgan fingerprint density at radius 3 is 2.89 bits per heavy atom. The molecule has 0 atom stereocenters. The van der Waals surface area contributed by atoms with Crippen LogP contribution in [-0.2, 0) is 4.79 Å². The molecule has 0 radical (unpaired) electrons. The summed E-state index contributed by atoms with van der Waals surface area (Å²) in [7, 11) is 1.53. The molecule has 6 heteroatoms. The number of alkyl halides is 1. The van der Waals surface area contributed by atoms with E-state index in [9.17, 15) is 9.59 Å². The number of rotatable bonds is 4. The normalized spacial score (nSPS) is 14.7. The van der Waals surface area contributed by atoms with Gasteiger partial charge >= 0.3 is 0 Å². The van der Waals surface area contributed by atoms with Gasteiger partial charge in [0.2, 0.25) is 0 Å². The van der Waals surface area contributed by atoms with Gasteiger partial charge in [0.05, 0.1) is 12.7 Å². The summed E-state index contributed by atoms with van der Waals surface area (Å²) < 4.78 is 10.5. The van der Waals surface area contributed by atoms with Crippen LogP contribution in [0.15, 0.2) is 18.2 Å². The number of carbonyl (C=O) groups is 2. The molecular weight excluding hydrogens is 314 g/mol. The molecule has 0 spiro atoms. The van der Waals surface area contributed by atoms with Gasteiger partial charge in [-0.15, -0.1) is 0 Å². The minimum atomic E-state index is -0.336. The molecular formula is C13H14BrNO4. The number of amides is 2. The third kappa shape index (κ3) is 2.89. The van der Waals surface area contributed by atoms with Gasteiger partial charge in [-0.2, -0.15) is 0 Å². The van der Waals surface area contributed by atoms with E-state index in [0.29, 0.717) is 30.0 Å². The van der Waals surface area contributed by atoms with Crippen LogP contribution in [0.5, 0.6) is 11.5 Å². The first-order valence-corrected chi connectivity index (χ1v) is 7.01. The van der Waals surface area contributed by atoms with E-state index in [2.05, 4.69) is 15.9 Å². The molecule has 19 heavy (non-hydrogen) atoms. The molecule has 5 nitrogen and oxygen atoms in total. The summed E-state index contributed by atoms with van der Waals surface area (Å²) in [4.78, 5) is 25.5. The maximum atomic E-state index is 12.4. The van der Waals surface area contributed by atoms with Crippen LogP contribution >= 0.6 is 15.9 Å². The zero-order valence-corrected chi connectivity index (χ0v) is 12.1. The molecule has 0 saturated carbocycles. The molecule has 1 aromatic rings. The molecule has 0 N–H and O–H groups in total. The predicted octanol–water partition coefficient (Wildman–Crippen LogP) is 1.84. The molecule has 0 fully saturated rings. The van der Waals surface area contributed by atoms with E-state index in [1.165, 1.54) is 12.0 Å². The number of nitrogens with zero attached hydrogens (tertiary/aromatic N) is 1. The molecule has 1 aliphatic rings. The number of methoxy groups -OCH3 is 1. The first-order chi connectivity index (χ1) is 9.17. The van der Waals surface area contributed by atoms with E-state index < -0.39 is 0 Å². The number of carbonyl (C=O) groups excluding carboxylic acids is 2. The van der Waals surface area contributed by atoms with Crippen LogP contribution in [0.1, 0.15) is 16.8 Å². The second-order valence-electron chi connectivity index (χ2n) is 4.04. The lowest BCUT2D eigenvalue weighted by molar-refractivity contribution is -0.130. The van der Waals surface area contributed by atoms with Crippen LogP contribution in [0.25, 0.3) is 0 Å². The second-order valence-corrected chi connectivity index (χ2v) is 4.84. The highest BCUT2D eigenvalue weighted by Gasteiger charge is 2.29. The number of benzene rings is 1. The van der Waals surface area contributed by atoms with Crippen LogP contribution in [0.3, 0.4) is 0 Å². The van der Waals surface area contributed by atoms with Crippen molar-refractivity contribution in [3.05, 3.63) is 23.8 Å². The van der Waals surface area contributed by atoms with Crippen molar-refractivity contribution >= 4 is 27.7 Å². The Balaban J connectivity index is 2.35. The van der Waals surface area contributed by atoms with Gasteiger partial charge in [0.25, 0.3) is 11.8 Å². The minimum Gasteiger partial charge on any atom is -0.497 e. The molecule has 2 rings (SSSR count). The van der Waals surface area contributed by atoms with Gasteiger partial charge in [0.1, 0.15) is 11.5 Å². The highest BCUT2D eigenvalue weighted by Crippen LogP contribution is 2.27. The van der Waals surface area contributed by atoms with Gasteiger partial charge in [-0.3, -0.25) is 14.5 Å². The fraction of sp³-hybridized carbons (Fsp3) is 0.385. The fourth-order valence-electron chi connectivity index (χ4n) is 1.85. The first kappa shape index (κ1) is 13.9. The maximum absolute atomic E-state index is 12.4. The highest BCUT2D eigenvalue weighted by atomic mass is 79.9. The summed E-state index contributed by atoms with van der Waals surface area (Å²) in [6.45, 7) is 0.260. The van der Waals surface area contributed by atoms with E-state index in [0.717, 1.165) is 5.33 Å². The molecule has 2 amide bonds.